The first-order valence-electron chi connectivity index (χ1n) is 8.80. The van der Waals surface area contributed by atoms with E-state index < -0.39 is 0 Å². The van der Waals surface area contributed by atoms with Crippen molar-refractivity contribution in [2.75, 3.05) is 19.6 Å². The third-order valence-electron chi connectivity index (χ3n) is 4.62. The number of piperidine rings is 1. The molecule has 0 aromatic heterocycles. The standard InChI is InChI=1S/C17H35N3O2/c1-7-14(8-2)19-12-10-15(11-13-19)22-18-16(21)20(9-3)17(4,5)6/h14-15H,7-13H2,1-6H3,(H,18,21). The van der Waals surface area contributed by atoms with E-state index in [-0.39, 0.29) is 17.7 Å². The van der Waals surface area contributed by atoms with Gasteiger partial charge in [0, 0.05) is 31.2 Å². The normalized spacial score (nSPS) is 17.8. The number of nitrogens with one attached hydrogen (secondary N) is 1. The van der Waals surface area contributed by atoms with Crippen LogP contribution in [0.25, 0.3) is 0 Å². The van der Waals surface area contributed by atoms with Crippen molar-refractivity contribution in [3.63, 3.8) is 0 Å². The Kier molecular flexibility index (Phi) is 7.63. The molecule has 0 aromatic rings. The van der Waals surface area contributed by atoms with Crippen LogP contribution in [0.5, 0.6) is 0 Å². The summed E-state index contributed by atoms with van der Waals surface area (Å²) in [6.07, 6.45) is 4.51. The molecule has 0 spiro atoms. The summed E-state index contributed by atoms with van der Waals surface area (Å²) in [6.45, 7) is 15.4. The lowest BCUT2D eigenvalue weighted by Crippen LogP contribution is -2.51. The minimum Gasteiger partial charge on any atom is -0.318 e. The van der Waals surface area contributed by atoms with E-state index in [1.807, 2.05) is 27.7 Å². The number of hydrogen-bond acceptors (Lipinski definition) is 3. The molecule has 0 aliphatic carbocycles. The lowest BCUT2D eigenvalue weighted by atomic mass is 10.0. The number of hydroxylamine groups is 1. The number of carbonyl (C=O) groups excluding carboxylic acids is 1. The fourth-order valence-electron chi connectivity index (χ4n) is 3.28. The van der Waals surface area contributed by atoms with Crippen LogP contribution in [0.15, 0.2) is 0 Å². The second kappa shape index (κ2) is 8.73. The smallest absolute Gasteiger partial charge is 0.318 e. The third kappa shape index (κ3) is 5.43. The summed E-state index contributed by atoms with van der Waals surface area (Å²) in [4.78, 5) is 22.2. The molecule has 0 atom stereocenters. The number of urea groups is 1. The zero-order valence-corrected chi connectivity index (χ0v) is 15.3. The summed E-state index contributed by atoms with van der Waals surface area (Å²) in [5.74, 6) is 0. The van der Waals surface area contributed by atoms with Gasteiger partial charge in [-0.25, -0.2) is 10.3 Å². The maximum atomic E-state index is 12.2. The van der Waals surface area contributed by atoms with E-state index in [4.69, 9.17) is 4.84 Å². The number of nitrogens with zero attached hydrogens (tertiary/aromatic N) is 2. The monoisotopic (exact) mass is 313 g/mol. The van der Waals surface area contributed by atoms with Gasteiger partial charge in [-0.1, -0.05) is 13.8 Å². The molecule has 1 N–H and O–H groups in total. The van der Waals surface area contributed by atoms with Crippen LogP contribution in [-0.4, -0.2) is 53.1 Å². The van der Waals surface area contributed by atoms with E-state index in [2.05, 4.69) is 24.2 Å². The van der Waals surface area contributed by atoms with Gasteiger partial charge >= 0.3 is 6.03 Å². The van der Waals surface area contributed by atoms with Gasteiger partial charge in [-0.05, 0) is 53.4 Å². The Morgan fingerprint density at radius 3 is 2.18 bits per heavy atom. The predicted octanol–water partition coefficient (Wildman–Crippen LogP) is 3.40. The summed E-state index contributed by atoms with van der Waals surface area (Å²) in [5.41, 5.74) is 2.46. The van der Waals surface area contributed by atoms with Gasteiger partial charge in [-0.2, -0.15) is 0 Å². The van der Waals surface area contributed by atoms with Gasteiger partial charge in [0.15, 0.2) is 0 Å². The topological polar surface area (TPSA) is 44.8 Å². The van der Waals surface area contributed by atoms with E-state index in [9.17, 15) is 4.79 Å². The zero-order chi connectivity index (χ0) is 16.8. The van der Waals surface area contributed by atoms with Gasteiger partial charge in [-0.3, -0.25) is 4.84 Å². The predicted molar refractivity (Wildman–Crippen MR) is 90.7 cm³/mol. The quantitative estimate of drug-likeness (QED) is 0.764. The van der Waals surface area contributed by atoms with Crippen molar-refractivity contribution in [3.8, 4) is 0 Å². The number of likely N-dealkylation sites (tertiary alicyclic amines) is 1. The maximum Gasteiger partial charge on any atom is 0.341 e. The Bertz CT molecular complexity index is 329. The van der Waals surface area contributed by atoms with Gasteiger partial charge in [0.1, 0.15) is 0 Å². The third-order valence-corrected chi connectivity index (χ3v) is 4.62. The minimum absolute atomic E-state index is 0.133. The van der Waals surface area contributed by atoms with Crippen molar-refractivity contribution in [3.05, 3.63) is 0 Å². The highest BCUT2D eigenvalue weighted by atomic mass is 16.7. The highest BCUT2D eigenvalue weighted by molar-refractivity contribution is 5.73. The second-order valence-corrected chi connectivity index (χ2v) is 7.15. The summed E-state index contributed by atoms with van der Waals surface area (Å²) >= 11 is 0. The van der Waals surface area contributed by atoms with Crippen LogP contribution < -0.4 is 5.48 Å². The first-order valence-corrected chi connectivity index (χ1v) is 8.80. The molecule has 1 rings (SSSR count). The van der Waals surface area contributed by atoms with Crippen molar-refractivity contribution < 1.29 is 9.63 Å². The Balaban J connectivity index is 2.37. The van der Waals surface area contributed by atoms with Gasteiger partial charge in [0.2, 0.25) is 0 Å². The molecular formula is C17H35N3O2. The molecule has 1 saturated heterocycles. The Morgan fingerprint density at radius 1 is 1.23 bits per heavy atom. The molecule has 130 valence electrons. The molecule has 5 nitrogen and oxygen atoms in total. The molecule has 0 radical (unpaired) electrons. The van der Waals surface area contributed by atoms with Gasteiger partial charge in [0.05, 0.1) is 6.10 Å². The Labute approximate surface area is 136 Å². The van der Waals surface area contributed by atoms with Crippen molar-refractivity contribution in [1.82, 2.24) is 15.3 Å². The molecule has 22 heavy (non-hydrogen) atoms. The van der Waals surface area contributed by atoms with Crippen LogP contribution in [0.2, 0.25) is 0 Å². The van der Waals surface area contributed by atoms with Crippen molar-refractivity contribution in [2.24, 2.45) is 0 Å². The zero-order valence-electron chi connectivity index (χ0n) is 15.3. The van der Waals surface area contributed by atoms with Crippen LogP contribution in [0.3, 0.4) is 0 Å². The number of hydrogen-bond donors (Lipinski definition) is 1. The molecule has 2 amide bonds. The van der Waals surface area contributed by atoms with Gasteiger partial charge in [0.25, 0.3) is 0 Å². The minimum atomic E-state index is -0.193. The molecule has 1 aliphatic heterocycles. The van der Waals surface area contributed by atoms with Gasteiger partial charge in [-0.15, -0.1) is 0 Å². The number of rotatable bonds is 6. The fraction of sp³-hybridized carbons (Fsp3) is 0.941. The highest BCUT2D eigenvalue weighted by Crippen LogP contribution is 2.19. The molecule has 0 bridgehead atoms. The maximum absolute atomic E-state index is 12.2. The van der Waals surface area contributed by atoms with Gasteiger partial charge < -0.3 is 9.80 Å². The van der Waals surface area contributed by atoms with Crippen LogP contribution in [-0.2, 0) is 4.84 Å². The van der Waals surface area contributed by atoms with Crippen LogP contribution in [0.1, 0.15) is 67.2 Å². The van der Waals surface area contributed by atoms with E-state index in [0.717, 1.165) is 25.9 Å². The SMILES string of the molecule is CCC(CC)N1CCC(ONC(=O)N(CC)C(C)(C)C)CC1. The van der Waals surface area contributed by atoms with E-state index in [1.54, 1.807) is 4.90 Å². The fourth-order valence-corrected chi connectivity index (χ4v) is 3.28. The summed E-state index contributed by atoms with van der Waals surface area (Å²) in [7, 11) is 0. The lowest BCUT2D eigenvalue weighted by Gasteiger charge is -2.37. The molecular weight excluding hydrogens is 278 g/mol. The highest BCUT2D eigenvalue weighted by Gasteiger charge is 2.27. The van der Waals surface area contributed by atoms with Crippen molar-refractivity contribution in [2.45, 2.75) is 84.9 Å². The molecule has 0 unspecified atom stereocenters. The number of carbonyl (C=O) groups is 1. The molecule has 1 fully saturated rings. The van der Waals surface area contributed by atoms with Crippen LogP contribution >= 0.6 is 0 Å². The summed E-state index contributed by atoms with van der Waals surface area (Å²) < 4.78 is 0. The first kappa shape index (κ1) is 19.2. The molecule has 0 saturated carbocycles. The Morgan fingerprint density at radius 2 is 1.77 bits per heavy atom. The first-order chi connectivity index (χ1) is 10.3. The van der Waals surface area contributed by atoms with Crippen molar-refractivity contribution >= 4 is 6.03 Å². The second-order valence-electron chi connectivity index (χ2n) is 7.15. The average Bonchev–Trinajstić information content (AvgIpc) is 2.47. The lowest BCUT2D eigenvalue weighted by molar-refractivity contribution is -0.0502. The van der Waals surface area contributed by atoms with E-state index >= 15 is 0 Å². The average molecular weight is 313 g/mol. The van der Waals surface area contributed by atoms with Crippen molar-refractivity contribution in [1.29, 1.82) is 0 Å². The van der Waals surface area contributed by atoms with Crippen LogP contribution in [0.4, 0.5) is 4.79 Å². The molecule has 5 heteroatoms. The van der Waals surface area contributed by atoms with E-state index in [1.165, 1.54) is 12.8 Å². The van der Waals surface area contributed by atoms with E-state index in [0.29, 0.717) is 12.6 Å². The molecule has 1 heterocycles. The summed E-state index contributed by atoms with van der Waals surface area (Å²) in [6, 6.07) is 0.546. The largest absolute Gasteiger partial charge is 0.341 e. The number of amides is 2. The molecule has 1 aliphatic rings. The summed E-state index contributed by atoms with van der Waals surface area (Å²) in [5, 5.41) is 0. The Hall–Kier alpha value is -0.810. The molecule has 0 aromatic carbocycles. The van der Waals surface area contributed by atoms with Crippen LogP contribution in [0, 0.1) is 0 Å².